The molecule has 1 saturated heterocycles. The molecule has 0 aromatic rings. The predicted molar refractivity (Wildman–Crippen MR) is 60.7 cm³/mol. The summed E-state index contributed by atoms with van der Waals surface area (Å²) in [4.78, 5) is 6.86. The lowest BCUT2D eigenvalue weighted by atomic mass is 9.81. The molecule has 1 aliphatic carbocycles. The van der Waals surface area contributed by atoms with E-state index in [1.54, 1.807) is 0 Å². The molecular weight excluding hydrogens is 172 g/mol. The van der Waals surface area contributed by atoms with E-state index < -0.39 is 0 Å². The highest BCUT2D eigenvalue weighted by molar-refractivity contribution is 5.85. The van der Waals surface area contributed by atoms with Crippen LogP contribution >= 0.6 is 0 Å². The van der Waals surface area contributed by atoms with Crippen molar-refractivity contribution in [2.75, 3.05) is 20.6 Å². The second kappa shape index (κ2) is 4.33. The lowest BCUT2D eigenvalue weighted by Crippen LogP contribution is -2.43. The van der Waals surface area contributed by atoms with Crippen molar-refractivity contribution in [2.24, 2.45) is 16.8 Å². The van der Waals surface area contributed by atoms with Gasteiger partial charge in [-0.05, 0) is 25.2 Å². The van der Waals surface area contributed by atoms with Crippen LogP contribution in [0.2, 0.25) is 0 Å². The average molecular weight is 194 g/mol. The summed E-state index contributed by atoms with van der Waals surface area (Å²) in [7, 11) is 4.16. The summed E-state index contributed by atoms with van der Waals surface area (Å²) in [6, 6.07) is 0. The number of piperidine rings is 1. The monoisotopic (exact) mass is 194 g/mol. The van der Waals surface area contributed by atoms with Crippen molar-refractivity contribution >= 4 is 5.84 Å². The number of likely N-dealkylation sites (tertiary alicyclic amines) is 1. The molecule has 2 aliphatic rings. The maximum absolute atomic E-state index is 4.50. The van der Waals surface area contributed by atoms with Crippen molar-refractivity contribution in [1.82, 2.24) is 4.90 Å². The molecule has 0 amide bonds. The molecule has 1 saturated carbocycles. The number of aliphatic imine (C=N–C) groups is 1. The topological polar surface area (TPSA) is 15.6 Å². The molecule has 0 aromatic carbocycles. The second-order valence-corrected chi connectivity index (χ2v) is 4.80. The average Bonchev–Trinajstić information content (AvgIpc) is 2.42. The molecule has 2 nitrogen and oxygen atoms in total. The maximum atomic E-state index is 4.50. The van der Waals surface area contributed by atoms with Crippen LogP contribution in [0, 0.1) is 11.8 Å². The van der Waals surface area contributed by atoms with Crippen molar-refractivity contribution in [3.05, 3.63) is 0 Å². The third-order valence-electron chi connectivity index (χ3n) is 3.95. The van der Waals surface area contributed by atoms with Gasteiger partial charge >= 0.3 is 0 Å². The van der Waals surface area contributed by atoms with E-state index in [-0.39, 0.29) is 0 Å². The summed E-state index contributed by atoms with van der Waals surface area (Å²) in [6.07, 6.45) is 8.50. The van der Waals surface area contributed by atoms with E-state index in [4.69, 9.17) is 0 Å². The van der Waals surface area contributed by atoms with Gasteiger partial charge in [-0.25, -0.2) is 0 Å². The summed E-state index contributed by atoms with van der Waals surface area (Å²) >= 11 is 0. The largest absolute Gasteiger partial charge is 0.363 e. The van der Waals surface area contributed by atoms with Crippen molar-refractivity contribution in [3.63, 3.8) is 0 Å². The summed E-state index contributed by atoms with van der Waals surface area (Å²) in [5, 5.41) is 0. The molecule has 0 radical (unpaired) electrons. The fourth-order valence-electron chi connectivity index (χ4n) is 3.16. The number of nitrogens with zero attached hydrogens (tertiary/aromatic N) is 2. The Hall–Kier alpha value is -0.530. The molecule has 1 aliphatic heterocycles. The van der Waals surface area contributed by atoms with Gasteiger partial charge in [-0.1, -0.05) is 19.3 Å². The third kappa shape index (κ3) is 1.79. The Morgan fingerprint density at radius 2 is 1.93 bits per heavy atom. The predicted octanol–water partition coefficient (Wildman–Crippen LogP) is 2.55. The Labute approximate surface area is 87.4 Å². The fraction of sp³-hybridized carbons (Fsp3) is 0.917. The minimum atomic E-state index is 0.779. The first-order chi connectivity index (χ1) is 6.83. The van der Waals surface area contributed by atoms with Gasteiger partial charge in [0.2, 0.25) is 0 Å². The molecule has 2 atom stereocenters. The molecule has 0 N–H and O–H groups in total. The van der Waals surface area contributed by atoms with Gasteiger partial charge in [-0.15, -0.1) is 0 Å². The summed E-state index contributed by atoms with van der Waals surface area (Å²) in [5.74, 6) is 3.09. The molecular formula is C12H22N2. The SMILES string of the molecule is CN=C1C2CCCCCC2CCN1C. The first-order valence-electron chi connectivity index (χ1n) is 6.00. The number of hydrogen-bond donors (Lipinski definition) is 0. The van der Waals surface area contributed by atoms with Crippen LogP contribution in [0.1, 0.15) is 38.5 Å². The highest BCUT2D eigenvalue weighted by Crippen LogP contribution is 2.35. The number of fused-ring (bicyclic) bond motifs is 1. The first kappa shape index (κ1) is 10.0. The highest BCUT2D eigenvalue weighted by atomic mass is 15.2. The van der Waals surface area contributed by atoms with E-state index in [0.29, 0.717) is 0 Å². The molecule has 2 unspecified atom stereocenters. The first-order valence-corrected chi connectivity index (χ1v) is 6.00. The maximum Gasteiger partial charge on any atom is 0.102 e. The van der Waals surface area contributed by atoms with Gasteiger partial charge in [0.15, 0.2) is 0 Å². The van der Waals surface area contributed by atoms with Crippen LogP contribution in [-0.4, -0.2) is 31.4 Å². The van der Waals surface area contributed by atoms with Gasteiger partial charge in [0.1, 0.15) is 5.84 Å². The Bertz CT molecular complexity index is 222. The summed E-state index contributed by atoms with van der Waals surface area (Å²) < 4.78 is 0. The van der Waals surface area contributed by atoms with Crippen molar-refractivity contribution < 1.29 is 0 Å². The van der Waals surface area contributed by atoms with Gasteiger partial charge in [0.05, 0.1) is 0 Å². The lowest BCUT2D eigenvalue weighted by Gasteiger charge is -2.38. The standard InChI is InChI=1S/C12H22N2/c1-13-12-11-7-5-3-4-6-10(11)8-9-14(12)2/h10-11H,3-9H2,1-2H3. The van der Waals surface area contributed by atoms with Crippen molar-refractivity contribution in [2.45, 2.75) is 38.5 Å². The van der Waals surface area contributed by atoms with Gasteiger partial charge in [-0.2, -0.15) is 0 Å². The van der Waals surface area contributed by atoms with Crippen LogP contribution < -0.4 is 0 Å². The van der Waals surface area contributed by atoms with Crippen LogP contribution in [-0.2, 0) is 0 Å². The van der Waals surface area contributed by atoms with E-state index in [9.17, 15) is 0 Å². The normalized spacial score (nSPS) is 36.7. The van der Waals surface area contributed by atoms with Gasteiger partial charge in [0.25, 0.3) is 0 Å². The Morgan fingerprint density at radius 1 is 1.14 bits per heavy atom. The van der Waals surface area contributed by atoms with Gasteiger partial charge in [-0.3, -0.25) is 4.99 Å². The zero-order valence-corrected chi connectivity index (χ0v) is 9.50. The molecule has 2 heteroatoms. The minimum absolute atomic E-state index is 0.779. The van der Waals surface area contributed by atoms with Gasteiger partial charge < -0.3 is 4.90 Å². The Balaban J connectivity index is 2.14. The van der Waals surface area contributed by atoms with E-state index in [2.05, 4.69) is 16.9 Å². The van der Waals surface area contributed by atoms with E-state index in [1.165, 1.54) is 50.9 Å². The smallest absolute Gasteiger partial charge is 0.102 e. The van der Waals surface area contributed by atoms with Crippen molar-refractivity contribution in [1.29, 1.82) is 0 Å². The Kier molecular flexibility index (Phi) is 3.09. The summed E-state index contributed by atoms with van der Waals surface area (Å²) in [5.41, 5.74) is 0. The highest BCUT2D eigenvalue weighted by Gasteiger charge is 2.33. The van der Waals surface area contributed by atoms with Crippen LogP contribution in [0.15, 0.2) is 4.99 Å². The molecule has 0 aromatic heterocycles. The zero-order chi connectivity index (χ0) is 9.97. The van der Waals surface area contributed by atoms with E-state index in [0.717, 1.165) is 11.8 Å². The van der Waals surface area contributed by atoms with E-state index >= 15 is 0 Å². The zero-order valence-electron chi connectivity index (χ0n) is 9.50. The molecule has 2 fully saturated rings. The van der Waals surface area contributed by atoms with Crippen LogP contribution in [0.5, 0.6) is 0 Å². The molecule has 14 heavy (non-hydrogen) atoms. The lowest BCUT2D eigenvalue weighted by molar-refractivity contribution is 0.266. The minimum Gasteiger partial charge on any atom is -0.363 e. The van der Waals surface area contributed by atoms with Crippen LogP contribution in [0.3, 0.4) is 0 Å². The fourth-order valence-corrected chi connectivity index (χ4v) is 3.16. The van der Waals surface area contributed by atoms with Gasteiger partial charge in [0, 0.05) is 26.6 Å². The van der Waals surface area contributed by atoms with Crippen LogP contribution in [0.4, 0.5) is 0 Å². The van der Waals surface area contributed by atoms with Crippen molar-refractivity contribution in [3.8, 4) is 0 Å². The van der Waals surface area contributed by atoms with Crippen LogP contribution in [0.25, 0.3) is 0 Å². The summed E-state index contributed by atoms with van der Waals surface area (Å²) in [6.45, 7) is 1.22. The molecule has 2 rings (SSSR count). The Morgan fingerprint density at radius 3 is 2.71 bits per heavy atom. The number of hydrogen-bond acceptors (Lipinski definition) is 1. The molecule has 80 valence electrons. The number of rotatable bonds is 0. The third-order valence-corrected chi connectivity index (χ3v) is 3.95. The molecule has 0 spiro atoms. The van der Waals surface area contributed by atoms with E-state index in [1.807, 2.05) is 7.05 Å². The second-order valence-electron chi connectivity index (χ2n) is 4.80. The quantitative estimate of drug-likeness (QED) is 0.578. The molecule has 1 heterocycles. The number of amidine groups is 1. The molecule has 0 bridgehead atoms.